The van der Waals surface area contributed by atoms with Crippen molar-refractivity contribution >= 4 is 5.97 Å². The molecule has 0 atom stereocenters. The first-order valence-electron chi connectivity index (χ1n) is 6.10. The lowest BCUT2D eigenvalue weighted by Gasteiger charge is -2.18. The van der Waals surface area contributed by atoms with Gasteiger partial charge in [-0.15, -0.1) is 0 Å². The monoisotopic (exact) mass is 259 g/mol. The van der Waals surface area contributed by atoms with E-state index in [-0.39, 0.29) is 0 Å². The van der Waals surface area contributed by atoms with Gasteiger partial charge in [0.05, 0.1) is 23.0 Å². The van der Waals surface area contributed by atoms with Gasteiger partial charge in [0.1, 0.15) is 0 Å². The van der Waals surface area contributed by atoms with Crippen molar-refractivity contribution in [2.24, 2.45) is 5.41 Å². The molecule has 1 aromatic heterocycles. The Labute approximate surface area is 111 Å². The average molecular weight is 259 g/mol. The van der Waals surface area contributed by atoms with Gasteiger partial charge >= 0.3 is 5.97 Å². The van der Waals surface area contributed by atoms with Crippen LogP contribution in [0.25, 0.3) is 5.69 Å². The van der Waals surface area contributed by atoms with E-state index in [4.69, 9.17) is 5.11 Å². The molecule has 1 heterocycles. The third-order valence-corrected chi connectivity index (χ3v) is 3.00. The number of carbonyl (C=O) groups is 1. The van der Waals surface area contributed by atoms with Crippen molar-refractivity contribution in [2.75, 3.05) is 0 Å². The number of benzene rings is 1. The van der Waals surface area contributed by atoms with Crippen LogP contribution in [-0.4, -0.2) is 26.1 Å². The van der Waals surface area contributed by atoms with E-state index in [1.54, 1.807) is 24.8 Å². The van der Waals surface area contributed by atoms with E-state index in [9.17, 15) is 4.79 Å². The maximum Gasteiger partial charge on any atom is 0.309 e. The third kappa shape index (κ3) is 2.99. The smallest absolute Gasteiger partial charge is 0.309 e. The first kappa shape index (κ1) is 13.3. The second-order valence-electron chi connectivity index (χ2n) is 5.31. The highest BCUT2D eigenvalue weighted by molar-refractivity contribution is 5.74. The van der Waals surface area contributed by atoms with Gasteiger partial charge in [-0.25, -0.2) is 0 Å². The highest BCUT2D eigenvalue weighted by atomic mass is 16.4. The number of carboxylic acids is 1. The molecule has 100 valence electrons. The summed E-state index contributed by atoms with van der Waals surface area (Å²) in [4.78, 5) is 12.6. The predicted octanol–water partition coefficient (Wildman–Crippen LogP) is 2.23. The quantitative estimate of drug-likeness (QED) is 0.914. The number of rotatable bonds is 4. The Hall–Kier alpha value is -2.17. The highest BCUT2D eigenvalue weighted by Crippen LogP contribution is 2.22. The van der Waals surface area contributed by atoms with Gasteiger partial charge in [-0.3, -0.25) is 4.79 Å². The molecule has 0 saturated heterocycles. The molecule has 1 N–H and O–H groups in total. The van der Waals surface area contributed by atoms with Crippen LogP contribution in [0.2, 0.25) is 0 Å². The Morgan fingerprint density at radius 1 is 1.32 bits per heavy atom. The van der Waals surface area contributed by atoms with Crippen molar-refractivity contribution in [1.29, 1.82) is 0 Å². The standard InChI is InChI=1S/C14H17N3O2/c1-10-9-15-17(16-10)12-6-4-11(5-7-12)8-14(2,3)13(18)19/h4-7,9H,8H2,1-3H3,(H,18,19). The van der Waals surface area contributed by atoms with Crippen LogP contribution in [0.4, 0.5) is 0 Å². The SMILES string of the molecule is Cc1cnn(-c2ccc(CC(C)(C)C(=O)O)cc2)n1. The topological polar surface area (TPSA) is 68.0 Å². The van der Waals surface area contributed by atoms with Gasteiger partial charge < -0.3 is 5.11 Å². The minimum atomic E-state index is -0.791. The number of carboxylic acid groups (broad SMARTS) is 1. The maximum absolute atomic E-state index is 11.1. The lowest BCUT2D eigenvalue weighted by Crippen LogP contribution is -2.26. The van der Waals surface area contributed by atoms with E-state index >= 15 is 0 Å². The van der Waals surface area contributed by atoms with Crippen LogP contribution in [0, 0.1) is 12.3 Å². The summed E-state index contributed by atoms with van der Waals surface area (Å²) in [7, 11) is 0. The second kappa shape index (κ2) is 4.84. The summed E-state index contributed by atoms with van der Waals surface area (Å²) in [6.45, 7) is 5.33. The van der Waals surface area contributed by atoms with Gasteiger partial charge in [-0.1, -0.05) is 12.1 Å². The molecule has 0 aliphatic rings. The van der Waals surface area contributed by atoms with Crippen molar-refractivity contribution in [2.45, 2.75) is 27.2 Å². The number of hydrogen-bond donors (Lipinski definition) is 1. The largest absolute Gasteiger partial charge is 0.481 e. The minimum absolute atomic E-state index is 0.494. The summed E-state index contributed by atoms with van der Waals surface area (Å²) >= 11 is 0. The van der Waals surface area contributed by atoms with Gasteiger partial charge in [0.15, 0.2) is 0 Å². The molecule has 0 spiro atoms. The average Bonchev–Trinajstić information content (AvgIpc) is 2.76. The Morgan fingerprint density at radius 3 is 2.42 bits per heavy atom. The van der Waals surface area contributed by atoms with Crippen molar-refractivity contribution in [3.8, 4) is 5.69 Å². The Morgan fingerprint density at radius 2 is 1.95 bits per heavy atom. The summed E-state index contributed by atoms with van der Waals surface area (Å²) in [5, 5.41) is 17.5. The lowest BCUT2D eigenvalue weighted by molar-refractivity contribution is -0.146. The molecule has 0 aliphatic heterocycles. The van der Waals surface area contributed by atoms with E-state index < -0.39 is 11.4 Å². The molecule has 0 radical (unpaired) electrons. The molecular formula is C14H17N3O2. The van der Waals surface area contributed by atoms with E-state index in [2.05, 4.69) is 10.2 Å². The van der Waals surface area contributed by atoms with Crippen molar-refractivity contribution < 1.29 is 9.90 Å². The fourth-order valence-corrected chi connectivity index (χ4v) is 1.80. The molecule has 2 aromatic rings. The molecular weight excluding hydrogens is 242 g/mol. The van der Waals surface area contributed by atoms with Crippen LogP contribution in [-0.2, 0) is 11.2 Å². The summed E-state index contributed by atoms with van der Waals surface area (Å²) in [5.41, 5.74) is 1.95. The first-order valence-corrected chi connectivity index (χ1v) is 6.10. The summed E-state index contributed by atoms with van der Waals surface area (Å²) < 4.78 is 0. The van der Waals surface area contributed by atoms with Crippen LogP contribution in [0.15, 0.2) is 30.5 Å². The van der Waals surface area contributed by atoms with Crippen LogP contribution in [0.5, 0.6) is 0 Å². The van der Waals surface area contributed by atoms with Crippen LogP contribution < -0.4 is 0 Å². The van der Waals surface area contributed by atoms with E-state index in [1.165, 1.54) is 0 Å². The number of aromatic nitrogens is 3. The number of aliphatic carboxylic acids is 1. The molecule has 5 nitrogen and oxygen atoms in total. The zero-order chi connectivity index (χ0) is 14.0. The zero-order valence-electron chi connectivity index (χ0n) is 11.3. The number of nitrogens with zero attached hydrogens (tertiary/aromatic N) is 3. The first-order chi connectivity index (χ1) is 8.88. The Balaban J connectivity index is 2.17. The van der Waals surface area contributed by atoms with Gasteiger partial charge in [0, 0.05) is 0 Å². The van der Waals surface area contributed by atoms with Crippen LogP contribution in [0.1, 0.15) is 25.1 Å². The van der Waals surface area contributed by atoms with E-state index in [0.717, 1.165) is 16.9 Å². The maximum atomic E-state index is 11.1. The van der Waals surface area contributed by atoms with Gasteiger partial charge in [0.2, 0.25) is 0 Å². The molecule has 0 saturated carbocycles. The minimum Gasteiger partial charge on any atom is -0.481 e. The van der Waals surface area contributed by atoms with Crippen LogP contribution >= 0.6 is 0 Å². The zero-order valence-corrected chi connectivity index (χ0v) is 11.3. The van der Waals surface area contributed by atoms with Crippen molar-refractivity contribution in [3.63, 3.8) is 0 Å². The molecule has 0 unspecified atom stereocenters. The molecule has 5 heteroatoms. The fourth-order valence-electron chi connectivity index (χ4n) is 1.80. The summed E-state index contributed by atoms with van der Waals surface area (Å²) in [5.74, 6) is -0.791. The van der Waals surface area contributed by atoms with E-state index in [0.29, 0.717) is 6.42 Å². The predicted molar refractivity (Wildman–Crippen MR) is 71.2 cm³/mol. The van der Waals surface area contributed by atoms with Gasteiger partial charge in [-0.2, -0.15) is 15.0 Å². The molecule has 0 amide bonds. The number of hydrogen-bond acceptors (Lipinski definition) is 3. The number of aryl methyl sites for hydroxylation is 1. The van der Waals surface area contributed by atoms with Crippen molar-refractivity contribution in [3.05, 3.63) is 41.7 Å². The normalized spacial score (nSPS) is 11.5. The molecule has 1 aromatic carbocycles. The Kier molecular flexibility index (Phi) is 3.38. The third-order valence-electron chi connectivity index (χ3n) is 3.00. The molecule has 0 aliphatic carbocycles. The van der Waals surface area contributed by atoms with Crippen LogP contribution in [0.3, 0.4) is 0 Å². The second-order valence-corrected chi connectivity index (χ2v) is 5.31. The molecule has 19 heavy (non-hydrogen) atoms. The summed E-state index contributed by atoms with van der Waals surface area (Å²) in [6, 6.07) is 7.62. The fraction of sp³-hybridized carbons (Fsp3) is 0.357. The molecule has 0 bridgehead atoms. The van der Waals surface area contributed by atoms with Gasteiger partial charge in [0.25, 0.3) is 0 Å². The van der Waals surface area contributed by atoms with E-state index in [1.807, 2.05) is 31.2 Å². The highest BCUT2D eigenvalue weighted by Gasteiger charge is 2.27. The van der Waals surface area contributed by atoms with Gasteiger partial charge in [-0.05, 0) is 44.9 Å². The molecule has 0 fully saturated rings. The summed E-state index contributed by atoms with van der Waals surface area (Å²) in [6.07, 6.45) is 2.19. The van der Waals surface area contributed by atoms with Crippen molar-refractivity contribution in [1.82, 2.24) is 15.0 Å². The Bertz CT molecular complexity index is 585. The molecule has 2 rings (SSSR count). The lowest BCUT2D eigenvalue weighted by atomic mass is 9.86.